The highest BCUT2D eigenvalue weighted by molar-refractivity contribution is 7.98. The molecule has 0 spiro atoms. The number of sulfonamides is 1. The molecule has 8 nitrogen and oxygen atoms in total. The molecular weight excluding hydrogens is 522 g/mol. The largest absolute Gasteiger partial charge is 0.467 e. The van der Waals surface area contributed by atoms with E-state index in [2.05, 4.69) is 4.57 Å². The summed E-state index contributed by atoms with van der Waals surface area (Å²) in [5.74, 6) is 1.41. The summed E-state index contributed by atoms with van der Waals surface area (Å²) in [6, 6.07) is 9.01. The van der Waals surface area contributed by atoms with Crippen LogP contribution in [0, 0.1) is 0 Å². The Morgan fingerprint density at radius 3 is 2.81 bits per heavy atom. The number of halogens is 1. The van der Waals surface area contributed by atoms with Crippen molar-refractivity contribution in [2.45, 2.75) is 61.7 Å². The van der Waals surface area contributed by atoms with Crippen LogP contribution in [0.2, 0.25) is 5.02 Å². The minimum absolute atomic E-state index is 0.111. The van der Waals surface area contributed by atoms with E-state index >= 15 is 0 Å². The molecule has 2 aliphatic heterocycles. The van der Waals surface area contributed by atoms with Gasteiger partial charge >= 0.3 is 0 Å². The molecule has 3 aromatic rings. The summed E-state index contributed by atoms with van der Waals surface area (Å²) >= 11 is 7.94. The molecule has 194 valence electrons. The lowest BCUT2D eigenvalue weighted by molar-refractivity contribution is -0.0168. The summed E-state index contributed by atoms with van der Waals surface area (Å²) in [5.41, 5.74) is 3.46. The van der Waals surface area contributed by atoms with Crippen molar-refractivity contribution in [3.63, 3.8) is 0 Å². The molecule has 0 saturated carbocycles. The highest BCUT2D eigenvalue weighted by Gasteiger charge is 2.25. The molecule has 1 fully saturated rings. The maximum Gasteiger partial charge on any atom is 0.243 e. The SMILES string of the molecule is CCN(CC)S(=O)(=O)c1ccc2c(c1)nc(SCc1cc(Cl)cc3c1OCOC3)n2C[C@@H]1CCCO1. The number of ether oxygens (including phenoxy) is 3. The van der Waals surface area contributed by atoms with Crippen LogP contribution in [0.5, 0.6) is 5.75 Å². The van der Waals surface area contributed by atoms with E-state index in [0.29, 0.717) is 42.5 Å². The Morgan fingerprint density at radius 1 is 1.22 bits per heavy atom. The molecule has 5 rings (SSSR count). The average molecular weight is 552 g/mol. The molecule has 1 atom stereocenters. The fraction of sp³-hybridized carbons (Fsp3) is 0.480. The molecule has 1 saturated heterocycles. The zero-order valence-electron chi connectivity index (χ0n) is 20.4. The lowest BCUT2D eigenvalue weighted by Crippen LogP contribution is -2.30. The van der Waals surface area contributed by atoms with Crippen molar-refractivity contribution < 1.29 is 22.6 Å². The second-order valence-electron chi connectivity index (χ2n) is 8.83. The van der Waals surface area contributed by atoms with Crippen molar-refractivity contribution >= 4 is 44.4 Å². The fourth-order valence-electron chi connectivity index (χ4n) is 4.75. The van der Waals surface area contributed by atoms with Crippen LogP contribution < -0.4 is 4.74 Å². The number of hydrogen-bond donors (Lipinski definition) is 0. The molecule has 0 N–H and O–H groups in total. The van der Waals surface area contributed by atoms with E-state index in [9.17, 15) is 8.42 Å². The second kappa shape index (κ2) is 10.9. The maximum atomic E-state index is 13.1. The molecule has 0 unspecified atom stereocenters. The van der Waals surface area contributed by atoms with Gasteiger partial charge in [0.15, 0.2) is 11.9 Å². The zero-order chi connectivity index (χ0) is 25.3. The average Bonchev–Trinajstić information content (AvgIpc) is 3.51. The molecule has 0 bridgehead atoms. The Balaban J connectivity index is 1.50. The van der Waals surface area contributed by atoms with E-state index < -0.39 is 10.0 Å². The van der Waals surface area contributed by atoms with Crippen LogP contribution in [0.3, 0.4) is 0 Å². The maximum absolute atomic E-state index is 13.1. The third kappa shape index (κ3) is 5.12. The van der Waals surface area contributed by atoms with Gasteiger partial charge in [-0.1, -0.05) is 37.2 Å². The van der Waals surface area contributed by atoms with Crippen molar-refractivity contribution in [2.24, 2.45) is 0 Å². The molecule has 1 aromatic heterocycles. The summed E-state index contributed by atoms with van der Waals surface area (Å²) in [6.45, 7) is 6.64. The summed E-state index contributed by atoms with van der Waals surface area (Å²) in [5, 5.41) is 1.44. The zero-order valence-corrected chi connectivity index (χ0v) is 22.8. The van der Waals surface area contributed by atoms with Crippen LogP contribution in [0.1, 0.15) is 37.8 Å². The number of fused-ring (bicyclic) bond motifs is 2. The summed E-state index contributed by atoms with van der Waals surface area (Å²) in [7, 11) is -3.58. The molecule has 2 aromatic carbocycles. The first-order chi connectivity index (χ1) is 17.4. The molecule has 3 heterocycles. The molecule has 2 aliphatic rings. The van der Waals surface area contributed by atoms with E-state index in [1.54, 1.807) is 23.9 Å². The Morgan fingerprint density at radius 2 is 2.06 bits per heavy atom. The molecule has 11 heteroatoms. The first-order valence-corrected chi connectivity index (χ1v) is 15.0. The number of aromatic nitrogens is 2. The van der Waals surface area contributed by atoms with Gasteiger partial charge < -0.3 is 18.8 Å². The molecule has 0 aliphatic carbocycles. The van der Waals surface area contributed by atoms with Crippen LogP contribution in [0.25, 0.3) is 11.0 Å². The van der Waals surface area contributed by atoms with Crippen molar-refractivity contribution in [3.8, 4) is 5.75 Å². The van der Waals surface area contributed by atoms with E-state index in [1.165, 1.54) is 4.31 Å². The number of benzene rings is 2. The van der Waals surface area contributed by atoms with Gasteiger partial charge in [0.05, 0.1) is 35.2 Å². The third-order valence-electron chi connectivity index (χ3n) is 6.55. The molecule has 0 amide bonds. The number of thioether (sulfide) groups is 1. The Labute approximate surface area is 220 Å². The standard InChI is InChI=1S/C25H30ClN3O5S2/c1-3-28(4-2)36(30,31)21-7-8-23-22(12-21)27-25(29(23)13-20-6-5-9-33-20)35-15-18-11-19(26)10-17-14-32-16-34-24(17)18/h7-8,10-12,20H,3-6,9,13-16H2,1-2H3/t20-/m0/s1. The number of hydrogen-bond acceptors (Lipinski definition) is 7. The van der Waals surface area contributed by atoms with Crippen molar-refractivity contribution in [2.75, 3.05) is 26.5 Å². The van der Waals surface area contributed by atoms with Crippen LogP contribution in [-0.2, 0) is 38.4 Å². The van der Waals surface area contributed by atoms with E-state index in [4.69, 9.17) is 30.8 Å². The lowest BCUT2D eigenvalue weighted by atomic mass is 10.1. The predicted molar refractivity (Wildman–Crippen MR) is 140 cm³/mol. The van der Waals surface area contributed by atoms with Crippen molar-refractivity contribution in [3.05, 3.63) is 46.5 Å². The van der Waals surface area contributed by atoms with Crippen LogP contribution in [0.15, 0.2) is 40.4 Å². The number of imidazole rings is 1. The smallest absolute Gasteiger partial charge is 0.243 e. The topological polar surface area (TPSA) is 82.9 Å². The van der Waals surface area contributed by atoms with E-state index in [0.717, 1.165) is 47.0 Å². The van der Waals surface area contributed by atoms with Gasteiger partial charge in [-0.25, -0.2) is 13.4 Å². The Hall–Kier alpha value is -1.82. The normalized spacial score (nSPS) is 18.1. The van der Waals surface area contributed by atoms with E-state index in [1.807, 2.05) is 32.0 Å². The minimum Gasteiger partial charge on any atom is -0.467 e. The van der Waals surface area contributed by atoms with Gasteiger partial charge in [-0.05, 0) is 43.2 Å². The Bertz CT molecular complexity index is 1350. The van der Waals surface area contributed by atoms with Gasteiger partial charge in [0, 0.05) is 41.6 Å². The van der Waals surface area contributed by atoms with Gasteiger partial charge in [0.1, 0.15) is 5.75 Å². The van der Waals surface area contributed by atoms with Gasteiger partial charge in [-0.2, -0.15) is 4.31 Å². The third-order valence-corrected chi connectivity index (χ3v) is 9.84. The fourth-order valence-corrected chi connectivity index (χ4v) is 7.48. The highest BCUT2D eigenvalue weighted by Crippen LogP contribution is 2.37. The first-order valence-electron chi connectivity index (χ1n) is 12.2. The van der Waals surface area contributed by atoms with E-state index in [-0.39, 0.29) is 17.8 Å². The van der Waals surface area contributed by atoms with Crippen molar-refractivity contribution in [1.29, 1.82) is 0 Å². The summed E-state index contributed by atoms with van der Waals surface area (Å²) in [4.78, 5) is 5.14. The Kier molecular flexibility index (Phi) is 7.81. The number of nitrogens with zero attached hydrogens (tertiary/aromatic N) is 3. The quantitative estimate of drug-likeness (QED) is 0.344. The van der Waals surface area contributed by atoms with Gasteiger partial charge in [-0.15, -0.1) is 0 Å². The molecule has 36 heavy (non-hydrogen) atoms. The minimum atomic E-state index is -3.58. The van der Waals surface area contributed by atoms with Crippen LogP contribution in [0.4, 0.5) is 0 Å². The van der Waals surface area contributed by atoms with Crippen LogP contribution in [-0.4, -0.2) is 54.9 Å². The molecular formula is C25H30ClN3O5S2. The number of rotatable bonds is 9. The van der Waals surface area contributed by atoms with Gasteiger partial charge in [0.25, 0.3) is 0 Å². The van der Waals surface area contributed by atoms with Gasteiger partial charge in [-0.3, -0.25) is 0 Å². The monoisotopic (exact) mass is 551 g/mol. The molecule has 0 radical (unpaired) electrons. The van der Waals surface area contributed by atoms with Crippen LogP contribution >= 0.6 is 23.4 Å². The summed E-state index contributed by atoms with van der Waals surface area (Å²) in [6.07, 6.45) is 2.15. The first kappa shape index (κ1) is 25.8. The highest BCUT2D eigenvalue weighted by atomic mass is 35.5. The second-order valence-corrected chi connectivity index (χ2v) is 12.1. The lowest BCUT2D eigenvalue weighted by Gasteiger charge is -2.21. The van der Waals surface area contributed by atoms with Crippen molar-refractivity contribution in [1.82, 2.24) is 13.9 Å². The summed E-state index contributed by atoms with van der Waals surface area (Å²) < 4.78 is 46.9. The predicted octanol–water partition coefficient (Wildman–Crippen LogP) is 5.06. The van der Waals surface area contributed by atoms with Gasteiger partial charge in [0.2, 0.25) is 10.0 Å².